The van der Waals surface area contributed by atoms with Crippen molar-refractivity contribution in [2.75, 3.05) is 13.2 Å². The van der Waals surface area contributed by atoms with Crippen LogP contribution in [0.25, 0.3) is 11.2 Å². The highest BCUT2D eigenvalue weighted by Crippen LogP contribution is 2.26. The van der Waals surface area contributed by atoms with Gasteiger partial charge in [0.25, 0.3) is 0 Å². The summed E-state index contributed by atoms with van der Waals surface area (Å²) >= 11 is 6.06. The second-order valence-corrected chi connectivity index (χ2v) is 4.59. The Morgan fingerprint density at radius 2 is 2.12 bits per heavy atom. The van der Waals surface area contributed by atoms with Gasteiger partial charge in [0, 0.05) is 19.3 Å². The first-order chi connectivity index (χ1) is 8.25. The largest absolute Gasteiger partial charge is 0.381 e. The number of halogens is 1. The molecule has 2 aromatic heterocycles. The van der Waals surface area contributed by atoms with Gasteiger partial charge in [-0.3, -0.25) is 0 Å². The van der Waals surface area contributed by atoms with Crippen LogP contribution in [0.3, 0.4) is 0 Å². The van der Waals surface area contributed by atoms with Gasteiger partial charge < -0.3 is 9.30 Å². The van der Waals surface area contributed by atoms with Crippen LogP contribution in [0.2, 0.25) is 5.15 Å². The van der Waals surface area contributed by atoms with Crippen molar-refractivity contribution in [3.05, 3.63) is 17.3 Å². The molecule has 0 spiro atoms. The van der Waals surface area contributed by atoms with Crippen molar-refractivity contribution in [2.24, 2.45) is 0 Å². The van der Waals surface area contributed by atoms with E-state index in [-0.39, 0.29) is 0 Å². The van der Waals surface area contributed by atoms with Gasteiger partial charge in [-0.1, -0.05) is 11.6 Å². The Balaban J connectivity index is 2.10. The van der Waals surface area contributed by atoms with E-state index in [0.29, 0.717) is 22.5 Å². The molecular weight excluding hydrogens is 240 g/mol. The molecule has 3 heterocycles. The topological polar surface area (TPSA) is 52.8 Å². The summed E-state index contributed by atoms with van der Waals surface area (Å²) in [5.74, 6) is 0.677. The lowest BCUT2D eigenvalue weighted by molar-refractivity contribution is 0.0704. The Morgan fingerprint density at radius 1 is 1.35 bits per heavy atom. The fraction of sp³-hybridized carbons (Fsp3) is 0.545. The predicted octanol–water partition coefficient (Wildman–Crippen LogP) is 2.14. The summed E-state index contributed by atoms with van der Waals surface area (Å²) in [5, 5.41) is 0.429. The number of rotatable bonds is 1. The average Bonchev–Trinajstić information content (AvgIpc) is 2.74. The molecule has 1 aliphatic rings. The number of imidazole rings is 1. The highest BCUT2D eigenvalue weighted by Gasteiger charge is 2.19. The molecule has 0 atom stereocenters. The van der Waals surface area contributed by atoms with E-state index >= 15 is 0 Å². The summed E-state index contributed by atoms with van der Waals surface area (Å²) in [5.41, 5.74) is 1.51. The molecule has 0 unspecified atom stereocenters. The van der Waals surface area contributed by atoms with Gasteiger partial charge in [0.05, 0.1) is 6.33 Å². The Labute approximate surface area is 104 Å². The first-order valence-electron chi connectivity index (χ1n) is 5.70. The molecular formula is C11H13ClN4O. The minimum Gasteiger partial charge on any atom is -0.381 e. The van der Waals surface area contributed by atoms with Crippen molar-refractivity contribution in [1.82, 2.24) is 19.5 Å². The van der Waals surface area contributed by atoms with Gasteiger partial charge >= 0.3 is 0 Å². The summed E-state index contributed by atoms with van der Waals surface area (Å²) in [4.78, 5) is 12.8. The molecule has 17 heavy (non-hydrogen) atoms. The molecule has 0 N–H and O–H groups in total. The zero-order chi connectivity index (χ0) is 11.8. The molecule has 3 rings (SSSR count). The van der Waals surface area contributed by atoms with E-state index in [1.807, 2.05) is 6.92 Å². The summed E-state index contributed by atoms with van der Waals surface area (Å²) in [6.07, 6.45) is 3.79. The van der Waals surface area contributed by atoms with Crippen molar-refractivity contribution in [1.29, 1.82) is 0 Å². The van der Waals surface area contributed by atoms with Crippen molar-refractivity contribution in [3.8, 4) is 0 Å². The van der Waals surface area contributed by atoms with Crippen LogP contribution in [0.5, 0.6) is 0 Å². The third-order valence-corrected chi connectivity index (χ3v) is 3.34. The number of hydrogen-bond donors (Lipinski definition) is 0. The van der Waals surface area contributed by atoms with Gasteiger partial charge in [0.15, 0.2) is 10.8 Å². The molecule has 1 fully saturated rings. The Bertz CT molecular complexity index is 548. The average molecular weight is 253 g/mol. The Kier molecular flexibility index (Phi) is 2.72. The van der Waals surface area contributed by atoms with E-state index in [9.17, 15) is 0 Å². The SMILES string of the molecule is Cc1nc(Cl)c2ncn(C3CCOCC3)c2n1. The number of fused-ring (bicyclic) bond motifs is 1. The fourth-order valence-electron chi connectivity index (χ4n) is 2.21. The number of hydrogen-bond acceptors (Lipinski definition) is 4. The van der Waals surface area contributed by atoms with Crippen LogP contribution in [0.15, 0.2) is 6.33 Å². The molecule has 6 heteroatoms. The number of aromatic nitrogens is 4. The van der Waals surface area contributed by atoms with E-state index in [1.54, 1.807) is 6.33 Å². The summed E-state index contributed by atoms with van der Waals surface area (Å²) in [7, 11) is 0. The van der Waals surface area contributed by atoms with Crippen LogP contribution >= 0.6 is 11.6 Å². The highest BCUT2D eigenvalue weighted by molar-refractivity contribution is 6.33. The van der Waals surface area contributed by atoms with Gasteiger partial charge in [-0.15, -0.1) is 0 Å². The van der Waals surface area contributed by atoms with Crippen LogP contribution in [0.4, 0.5) is 0 Å². The standard InChI is InChI=1S/C11H13ClN4O/c1-7-14-10(12)9-11(15-7)16(6-13-9)8-2-4-17-5-3-8/h6,8H,2-5H2,1H3. The molecule has 5 nitrogen and oxygen atoms in total. The van der Waals surface area contributed by atoms with E-state index < -0.39 is 0 Å². The lowest BCUT2D eigenvalue weighted by atomic mass is 10.1. The van der Waals surface area contributed by atoms with Crippen LogP contribution in [-0.2, 0) is 4.74 Å². The second-order valence-electron chi connectivity index (χ2n) is 4.23. The molecule has 0 radical (unpaired) electrons. The van der Waals surface area contributed by atoms with Gasteiger partial charge in [0.2, 0.25) is 0 Å². The molecule has 0 bridgehead atoms. The van der Waals surface area contributed by atoms with E-state index in [4.69, 9.17) is 16.3 Å². The number of ether oxygens (including phenoxy) is 1. The molecule has 0 aliphatic carbocycles. The van der Waals surface area contributed by atoms with Crippen LogP contribution in [0.1, 0.15) is 24.7 Å². The fourth-order valence-corrected chi connectivity index (χ4v) is 2.47. The maximum absolute atomic E-state index is 6.06. The van der Waals surface area contributed by atoms with Gasteiger partial charge in [-0.05, 0) is 19.8 Å². The summed E-state index contributed by atoms with van der Waals surface area (Å²) < 4.78 is 7.46. The lowest BCUT2D eigenvalue weighted by Crippen LogP contribution is -2.19. The normalized spacial score (nSPS) is 17.8. The molecule has 90 valence electrons. The lowest BCUT2D eigenvalue weighted by Gasteiger charge is -2.23. The predicted molar refractivity (Wildman–Crippen MR) is 64.2 cm³/mol. The van der Waals surface area contributed by atoms with E-state index in [1.165, 1.54) is 0 Å². The van der Waals surface area contributed by atoms with Gasteiger partial charge in [-0.25, -0.2) is 15.0 Å². The zero-order valence-corrected chi connectivity index (χ0v) is 10.3. The highest BCUT2D eigenvalue weighted by atomic mass is 35.5. The van der Waals surface area contributed by atoms with E-state index in [0.717, 1.165) is 31.7 Å². The third kappa shape index (κ3) is 1.89. The summed E-state index contributed by atoms with van der Waals surface area (Å²) in [6.45, 7) is 3.43. The Hall–Kier alpha value is -1.20. The maximum Gasteiger partial charge on any atom is 0.165 e. The molecule has 1 saturated heterocycles. The van der Waals surface area contributed by atoms with E-state index in [2.05, 4.69) is 19.5 Å². The first-order valence-corrected chi connectivity index (χ1v) is 6.08. The van der Waals surface area contributed by atoms with Crippen molar-refractivity contribution < 1.29 is 4.74 Å². The van der Waals surface area contributed by atoms with Gasteiger partial charge in [-0.2, -0.15) is 0 Å². The quantitative estimate of drug-likeness (QED) is 0.730. The molecule has 0 saturated carbocycles. The van der Waals surface area contributed by atoms with Crippen LogP contribution in [0, 0.1) is 6.92 Å². The Morgan fingerprint density at radius 3 is 2.88 bits per heavy atom. The van der Waals surface area contributed by atoms with Crippen LogP contribution < -0.4 is 0 Å². The second kappa shape index (κ2) is 4.23. The molecule has 0 aromatic carbocycles. The molecule has 0 amide bonds. The minimum absolute atomic E-state index is 0.402. The molecule has 2 aromatic rings. The summed E-state index contributed by atoms with van der Waals surface area (Å²) in [6, 6.07) is 0.402. The number of aryl methyl sites for hydroxylation is 1. The minimum atomic E-state index is 0.402. The smallest absolute Gasteiger partial charge is 0.165 e. The van der Waals surface area contributed by atoms with Crippen molar-refractivity contribution in [3.63, 3.8) is 0 Å². The number of nitrogens with zero attached hydrogens (tertiary/aromatic N) is 4. The zero-order valence-electron chi connectivity index (χ0n) is 9.56. The monoisotopic (exact) mass is 252 g/mol. The van der Waals surface area contributed by atoms with Crippen LogP contribution in [-0.4, -0.2) is 32.7 Å². The molecule has 1 aliphatic heterocycles. The first kappa shape index (κ1) is 10.9. The van der Waals surface area contributed by atoms with Crippen molar-refractivity contribution in [2.45, 2.75) is 25.8 Å². The van der Waals surface area contributed by atoms with Crippen molar-refractivity contribution >= 4 is 22.8 Å². The van der Waals surface area contributed by atoms with Gasteiger partial charge in [0.1, 0.15) is 11.3 Å². The maximum atomic E-state index is 6.06. The third-order valence-electron chi connectivity index (χ3n) is 3.07.